The molecule has 3 aliphatic carbocycles. The molecule has 4 aliphatic rings. The molecule has 3 saturated carbocycles. The zero-order valence-corrected chi connectivity index (χ0v) is 22.8. The maximum absolute atomic E-state index is 6.86. The zero-order chi connectivity index (χ0) is 24.8. The Morgan fingerprint density at radius 3 is 2.81 bits per heavy atom. The van der Waals surface area contributed by atoms with E-state index in [2.05, 4.69) is 30.7 Å². The maximum Gasteiger partial charge on any atom is 0.211 e. The van der Waals surface area contributed by atoms with Gasteiger partial charge in [-0.15, -0.1) is 17.2 Å². The van der Waals surface area contributed by atoms with Gasteiger partial charge in [-0.25, -0.2) is 9.98 Å². The fraction of sp³-hybridized carbons (Fsp3) is 0.571. The Kier molecular flexibility index (Phi) is 6.82. The monoisotopic (exact) mass is 526 g/mol. The van der Waals surface area contributed by atoms with Crippen molar-refractivity contribution in [1.82, 2.24) is 10.5 Å². The molecular weight excluding hydrogens is 492 g/mol. The van der Waals surface area contributed by atoms with Gasteiger partial charge in [0, 0.05) is 28.6 Å². The van der Waals surface area contributed by atoms with Crippen molar-refractivity contribution < 1.29 is 9.57 Å². The summed E-state index contributed by atoms with van der Waals surface area (Å²) in [7, 11) is 0. The van der Waals surface area contributed by atoms with Crippen LogP contribution in [0.25, 0.3) is 0 Å². The number of fused-ring (bicyclic) bond motifs is 2. The van der Waals surface area contributed by atoms with E-state index in [1.807, 2.05) is 24.6 Å². The predicted octanol–water partition coefficient (Wildman–Crippen LogP) is 6.92. The Morgan fingerprint density at radius 2 is 2.06 bits per heavy atom. The molecule has 2 heterocycles. The number of thioether (sulfide) groups is 1. The summed E-state index contributed by atoms with van der Waals surface area (Å²) >= 11 is 8.22. The topological polar surface area (TPSA) is 67.8 Å². The molecule has 1 aromatic carbocycles. The van der Waals surface area contributed by atoms with E-state index < -0.39 is 0 Å². The number of nitrogens with one attached hydrogen (secondary N) is 2. The van der Waals surface area contributed by atoms with E-state index in [1.165, 1.54) is 25.7 Å². The highest BCUT2D eigenvalue weighted by molar-refractivity contribution is 7.98. The van der Waals surface area contributed by atoms with Crippen molar-refractivity contribution in [3.8, 4) is 5.75 Å². The Morgan fingerprint density at radius 1 is 1.22 bits per heavy atom. The molecule has 3 fully saturated rings. The predicted molar refractivity (Wildman–Crippen MR) is 146 cm³/mol. The summed E-state index contributed by atoms with van der Waals surface area (Å²) in [6, 6.07) is 6.07. The van der Waals surface area contributed by atoms with E-state index in [0.29, 0.717) is 28.7 Å². The molecule has 0 spiro atoms. The molecule has 192 valence electrons. The molecule has 0 amide bonds. The number of ether oxygens (including phenoxy) is 1. The summed E-state index contributed by atoms with van der Waals surface area (Å²) in [5, 5.41) is 4.14. The lowest BCUT2D eigenvalue weighted by Gasteiger charge is -2.26. The Bertz CT molecular complexity index is 1170. The van der Waals surface area contributed by atoms with E-state index in [1.54, 1.807) is 11.8 Å². The standard InChI is InChI=1S/C28H35ClN4O2S/c1-4-16-14-30-27(31-23-10-8-19(36-3)12-22(23)29)15(2)26(16)34-24-11-18-7-9-20(24)21(18)13-25-32-28(33-35-25)17-5-6-17/h8,10,12,14,17-18,20-21,24,28,33H,4-7,9,11,13H2,1-3H3,(H,30,31). The first-order valence-electron chi connectivity index (χ1n) is 13.3. The van der Waals surface area contributed by atoms with Crippen LogP contribution in [0.3, 0.4) is 0 Å². The Labute approximate surface area is 222 Å². The van der Waals surface area contributed by atoms with Gasteiger partial charge in [0.05, 0.1) is 10.7 Å². The second kappa shape index (κ2) is 10.1. The first-order valence-corrected chi connectivity index (χ1v) is 14.9. The Hall–Kier alpha value is -1.96. The number of benzene rings is 1. The molecule has 36 heavy (non-hydrogen) atoms. The first-order chi connectivity index (χ1) is 17.5. The van der Waals surface area contributed by atoms with Gasteiger partial charge in [0.2, 0.25) is 5.90 Å². The molecule has 6 nitrogen and oxygen atoms in total. The smallest absolute Gasteiger partial charge is 0.211 e. The van der Waals surface area contributed by atoms with Gasteiger partial charge >= 0.3 is 0 Å². The minimum atomic E-state index is 0.175. The first kappa shape index (κ1) is 24.4. The number of rotatable bonds is 9. The van der Waals surface area contributed by atoms with Crippen LogP contribution in [0.5, 0.6) is 5.75 Å². The second-order valence-electron chi connectivity index (χ2n) is 10.7. The summed E-state index contributed by atoms with van der Waals surface area (Å²) in [5.74, 6) is 5.17. The van der Waals surface area contributed by atoms with Crippen molar-refractivity contribution in [3.05, 3.63) is 40.5 Å². The number of hydrogen-bond acceptors (Lipinski definition) is 7. The fourth-order valence-corrected chi connectivity index (χ4v) is 7.03. The van der Waals surface area contributed by atoms with E-state index in [9.17, 15) is 0 Å². The van der Waals surface area contributed by atoms with Crippen LogP contribution in [-0.4, -0.2) is 29.4 Å². The van der Waals surface area contributed by atoms with Gasteiger partial charge in [0.25, 0.3) is 0 Å². The van der Waals surface area contributed by atoms with Gasteiger partial charge < -0.3 is 14.9 Å². The molecule has 2 N–H and O–H groups in total. The minimum absolute atomic E-state index is 0.175. The van der Waals surface area contributed by atoms with E-state index in [-0.39, 0.29) is 12.3 Å². The third kappa shape index (κ3) is 4.70. The van der Waals surface area contributed by atoms with Gasteiger partial charge in [-0.3, -0.25) is 0 Å². The molecule has 2 aromatic rings. The van der Waals surface area contributed by atoms with Gasteiger partial charge in [0.1, 0.15) is 23.8 Å². The summed E-state index contributed by atoms with van der Waals surface area (Å²) in [6.45, 7) is 4.26. The number of halogens is 1. The van der Waals surface area contributed by atoms with Crippen molar-refractivity contribution in [2.24, 2.45) is 28.7 Å². The number of hydroxylamine groups is 1. The van der Waals surface area contributed by atoms with E-state index in [0.717, 1.165) is 58.4 Å². The average Bonchev–Trinajstić information content (AvgIpc) is 3.40. The number of anilines is 2. The fourth-order valence-electron chi connectivity index (χ4n) is 6.30. The molecule has 8 heteroatoms. The highest BCUT2D eigenvalue weighted by Crippen LogP contribution is 2.53. The lowest BCUT2D eigenvalue weighted by atomic mass is 9.93. The molecule has 5 unspecified atom stereocenters. The molecule has 5 atom stereocenters. The van der Waals surface area contributed by atoms with Gasteiger partial charge in [-0.1, -0.05) is 18.5 Å². The van der Waals surface area contributed by atoms with Crippen LogP contribution >= 0.6 is 23.4 Å². The third-order valence-corrected chi connectivity index (χ3v) is 9.55. The minimum Gasteiger partial charge on any atom is -0.489 e. The summed E-state index contributed by atoms with van der Waals surface area (Å²) in [5.41, 5.74) is 6.19. The molecule has 1 aliphatic heterocycles. The number of pyridine rings is 1. The van der Waals surface area contributed by atoms with Crippen LogP contribution in [-0.2, 0) is 11.3 Å². The molecule has 6 rings (SSSR count). The van der Waals surface area contributed by atoms with Crippen molar-refractivity contribution in [3.63, 3.8) is 0 Å². The quantitative estimate of drug-likeness (QED) is 0.345. The second-order valence-corrected chi connectivity index (χ2v) is 12.0. The van der Waals surface area contributed by atoms with Crippen LogP contribution in [0.2, 0.25) is 5.02 Å². The van der Waals surface area contributed by atoms with Crippen LogP contribution in [0.4, 0.5) is 11.5 Å². The molecule has 2 bridgehead atoms. The Balaban J connectivity index is 1.18. The van der Waals surface area contributed by atoms with Crippen LogP contribution in [0, 0.1) is 30.6 Å². The molecule has 0 radical (unpaired) electrons. The summed E-state index contributed by atoms with van der Waals surface area (Å²) < 4.78 is 6.86. The van der Waals surface area contributed by atoms with Crippen molar-refractivity contribution in [2.45, 2.75) is 76.0 Å². The number of hydrogen-bond donors (Lipinski definition) is 2. The molecular formula is C28H35ClN4O2S. The van der Waals surface area contributed by atoms with Crippen LogP contribution < -0.4 is 15.5 Å². The SMILES string of the molecule is CCc1cnc(Nc2ccc(SC)cc2Cl)c(C)c1OC1CC2CCC1C2CC1=NC(C2CC2)NO1. The van der Waals surface area contributed by atoms with Gasteiger partial charge in [-0.05, 0) is 93.6 Å². The molecule has 1 aromatic heterocycles. The van der Waals surface area contributed by atoms with Crippen molar-refractivity contribution in [2.75, 3.05) is 11.6 Å². The van der Waals surface area contributed by atoms with E-state index >= 15 is 0 Å². The summed E-state index contributed by atoms with van der Waals surface area (Å²) in [4.78, 5) is 16.5. The number of aryl methyl sites for hydroxylation is 1. The van der Waals surface area contributed by atoms with Crippen LogP contribution in [0.1, 0.15) is 56.6 Å². The lowest BCUT2D eigenvalue weighted by Crippen LogP contribution is -2.26. The number of aromatic nitrogens is 1. The zero-order valence-electron chi connectivity index (χ0n) is 21.2. The van der Waals surface area contributed by atoms with E-state index in [4.69, 9.17) is 31.2 Å². The van der Waals surface area contributed by atoms with Gasteiger partial charge in [0.15, 0.2) is 0 Å². The van der Waals surface area contributed by atoms with Gasteiger partial charge in [-0.2, -0.15) is 0 Å². The average molecular weight is 527 g/mol. The maximum atomic E-state index is 6.86. The van der Waals surface area contributed by atoms with Crippen molar-refractivity contribution >= 4 is 40.8 Å². The number of nitrogens with zero attached hydrogens (tertiary/aromatic N) is 2. The molecule has 0 saturated heterocycles. The third-order valence-electron chi connectivity index (χ3n) is 8.51. The lowest BCUT2D eigenvalue weighted by molar-refractivity contribution is 0.128. The highest BCUT2D eigenvalue weighted by atomic mass is 35.5. The number of aliphatic imine (C=N–C) groups is 1. The van der Waals surface area contributed by atoms with Crippen molar-refractivity contribution in [1.29, 1.82) is 0 Å². The largest absolute Gasteiger partial charge is 0.489 e. The van der Waals surface area contributed by atoms with Crippen LogP contribution in [0.15, 0.2) is 34.3 Å². The highest BCUT2D eigenvalue weighted by Gasteiger charge is 2.50. The summed E-state index contributed by atoms with van der Waals surface area (Å²) in [6.07, 6.45) is 12.4. The normalized spacial score (nSPS) is 28.8.